The molecule has 1 aliphatic rings. The number of benzene rings is 2. The Labute approximate surface area is 162 Å². The number of ether oxygens (including phenoxy) is 1. The number of rotatable bonds is 4. The molecule has 2 N–H and O–H groups in total. The summed E-state index contributed by atoms with van der Waals surface area (Å²) in [4.78, 5) is 16.6. The Kier molecular flexibility index (Phi) is 4.69. The lowest BCUT2D eigenvalue weighted by Gasteiger charge is -2.15. The SMILES string of the molecule is COc1cc2c(cc1CCc1ccncc1)Nc1cc(Cl)ccc1C(=O)N2. The van der Waals surface area contributed by atoms with Crippen LogP contribution in [-0.4, -0.2) is 18.0 Å². The second-order valence-corrected chi connectivity index (χ2v) is 6.77. The molecule has 0 radical (unpaired) electrons. The summed E-state index contributed by atoms with van der Waals surface area (Å²) in [5.74, 6) is 0.563. The van der Waals surface area contributed by atoms with Gasteiger partial charge in [-0.1, -0.05) is 11.6 Å². The number of methoxy groups -OCH3 is 1. The molecule has 0 atom stereocenters. The molecule has 0 aliphatic carbocycles. The van der Waals surface area contributed by atoms with Crippen molar-refractivity contribution in [1.82, 2.24) is 4.98 Å². The van der Waals surface area contributed by atoms with Gasteiger partial charge in [-0.15, -0.1) is 0 Å². The van der Waals surface area contributed by atoms with Crippen LogP contribution in [0.3, 0.4) is 0 Å². The first-order valence-corrected chi connectivity index (χ1v) is 8.99. The summed E-state index contributed by atoms with van der Waals surface area (Å²) in [6.45, 7) is 0. The number of carbonyl (C=O) groups is 1. The van der Waals surface area contributed by atoms with E-state index in [2.05, 4.69) is 15.6 Å². The van der Waals surface area contributed by atoms with Crippen molar-refractivity contribution in [2.75, 3.05) is 17.7 Å². The number of amides is 1. The van der Waals surface area contributed by atoms with Gasteiger partial charge in [-0.05, 0) is 60.4 Å². The van der Waals surface area contributed by atoms with Gasteiger partial charge < -0.3 is 15.4 Å². The lowest BCUT2D eigenvalue weighted by Crippen LogP contribution is -2.10. The Hall–Kier alpha value is -3.05. The van der Waals surface area contributed by atoms with Crippen LogP contribution < -0.4 is 15.4 Å². The van der Waals surface area contributed by atoms with E-state index in [-0.39, 0.29) is 5.91 Å². The van der Waals surface area contributed by atoms with Gasteiger partial charge in [-0.2, -0.15) is 0 Å². The molecule has 0 saturated carbocycles. The van der Waals surface area contributed by atoms with E-state index in [1.165, 1.54) is 5.56 Å². The van der Waals surface area contributed by atoms with Crippen LogP contribution >= 0.6 is 11.6 Å². The molecule has 27 heavy (non-hydrogen) atoms. The summed E-state index contributed by atoms with van der Waals surface area (Å²) < 4.78 is 5.56. The smallest absolute Gasteiger partial charge is 0.257 e. The third-order valence-electron chi connectivity index (χ3n) is 4.60. The van der Waals surface area contributed by atoms with E-state index in [0.29, 0.717) is 22.0 Å². The lowest BCUT2D eigenvalue weighted by molar-refractivity contribution is 0.102. The summed E-state index contributed by atoms with van der Waals surface area (Å²) in [6.07, 6.45) is 5.26. The second-order valence-electron chi connectivity index (χ2n) is 6.33. The van der Waals surface area contributed by atoms with Gasteiger partial charge in [0.05, 0.1) is 29.7 Å². The van der Waals surface area contributed by atoms with Gasteiger partial charge in [0.2, 0.25) is 0 Å². The van der Waals surface area contributed by atoms with Gasteiger partial charge in [0.25, 0.3) is 5.91 Å². The van der Waals surface area contributed by atoms with E-state index < -0.39 is 0 Å². The van der Waals surface area contributed by atoms with E-state index in [0.717, 1.165) is 29.8 Å². The molecule has 3 aromatic rings. The van der Waals surface area contributed by atoms with Crippen molar-refractivity contribution in [3.8, 4) is 5.75 Å². The number of nitrogens with one attached hydrogen (secondary N) is 2. The second kappa shape index (κ2) is 7.29. The zero-order valence-electron chi connectivity index (χ0n) is 14.8. The molecule has 0 saturated heterocycles. The predicted octanol–water partition coefficient (Wildman–Crippen LogP) is 4.84. The molecule has 0 spiro atoms. The van der Waals surface area contributed by atoms with E-state index >= 15 is 0 Å². The lowest BCUT2D eigenvalue weighted by atomic mass is 10.0. The first-order chi connectivity index (χ1) is 13.1. The molecule has 1 amide bonds. The number of aryl methyl sites for hydroxylation is 2. The predicted molar refractivity (Wildman–Crippen MR) is 107 cm³/mol. The fourth-order valence-corrected chi connectivity index (χ4v) is 3.37. The standard InChI is InChI=1S/C21H18ClN3O2/c1-27-20-12-19-18(10-14(20)3-2-13-6-8-23-9-7-13)24-17-11-15(22)4-5-16(17)21(26)25-19/h4-12,24H,2-3H2,1H3,(H,25,26). The number of anilines is 3. The number of fused-ring (bicyclic) bond motifs is 2. The molecule has 0 fully saturated rings. The molecule has 2 aromatic carbocycles. The minimum atomic E-state index is -0.181. The average Bonchev–Trinajstić information content (AvgIpc) is 2.81. The van der Waals surface area contributed by atoms with Gasteiger partial charge in [0, 0.05) is 23.5 Å². The van der Waals surface area contributed by atoms with Gasteiger partial charge >= 0.3 is 0 Å². The Morgan fingerprint density at radius 2 is 1.74 bits per heavy atom. The van der Waals surface area contributed by atoms with E-state index in [4.69, 9.17) is 16.3 Å². The van der Waals surface area contributed by atoms with Gasteiger partial charge in [0.15, 0.2) is 0 Å². The first-order valence-electron chi connectivity index (χ1n) is 8.62. The van der Waals surface area contributed by atoms with Crippen molar-refractivity contribution >= 4 is 34.6 Å². The van der Waals surface area contributed by atoms with Crippen LogP contribution in [0.4, 0.5) is 17.1 Å². The largest absolute Gasteiger partial charge is 0.496 e. The maximum atomic E-state index is 12.5. The molecule has 1 aliphatic heterocycles. The highest BCUT2D eigenvalue weighted by atomic mass is 35.5. The Bertz CT molecular complexity index is 1010. The topological polar surface area (TPSA) is 63.2 Å². The summed E-state index contributed by atoms with van der Waals surface area (Å²) in [7, 11) is 1.64. The minimum absolute atomic E-state index is 0.181. The van der Waals surface area contributed by atoms with Crippen molar-refractivity contribution in [1.29, 1.82) is 0 Å². The Morgan fingerprint density at radius 3 is 2.52 bits per heavy atom. The number of carbonyl (C=O) groups excluding carboxylic acids is 1. The highest BCUT2D eigenvalue weighted by Gasteiger charge is 2.21. The van der Waals surface area contributed by atoms with Crippen molar-refractivity contribution in [3.63, 3.8) is 0 Å². The Balaban J connectivity index is 1.69. The molecular weight excluding hydrogens is 362 g/mol. The van der Waals surface area contributed by atoms with Gasteiger partial charge in [-0.3, -0.25) is 9.78 Å². The van der Waals surface area contributed by atoms with E-state index in [9.17, 15) is 4.79 Å². The first kappa shape index (κ1) is 17.4. The number of hydrogen-bond acceptors (Lipinski definition) is 4. The third-order valence-corrected chi connectivity index (χ3v) is 4.83. The van der Waals surface area contributed by atoms with Gasteiger partial charge in [-0.25, -0.2) is 0 Å². The maximum absolute atomic E-state index is 12.5. The van der Waals surface area contributed by atoms with Crippen LogP contribution in [-0.2, 0) is 12.8 Å². The normalized spacial score (nSPS) is 12.3. The molecule has 5 nitrogen and oxygen atoms in total. The fourth-order valence-electron chi connectivity index (χ4n) is 3.20. The molecule has 0 bridgehead atoms. The monoisotopic (exact) mass is 379 g/mol. The molecule has 6 heteroatoms. The highest BCUT2D eigenvalue weighted by Crippen LogP contribution is 2.38. The molecule has 2 heterocycles. The molecular formula is C21H18ClN3O2. The maximum Gasteiger partial charge on any atom is 0.257 e. The molecule has 4 rings (SSSR count). The molecule has 0 unspecified atom stereocenters. The van der Waals surface area contributed by atoms with Crippen molar-refractivity contribution in [2.45, 2.75) is 12.8 Å². The molecule has 136 valence electrons. The number of hydrogen-bond donors (Lipinski definition) is 2. The van der Waals surface area contributed by atoms with Crippen molar-refractivity contribution < 1.29 is 9.53 Å². The van der Waals surface area contributed by atoms with Crippen LogP contribution in [0.25, 0.3) is 0 Å². The highest BCUT2D eigenvalue weighted by molar-refractivity contribution is 6.31. The minimum Gasteiger partial charge on any atom is -0.496 e. The average molecular weight is 380 g/mol. The fraction of sp³-hybridized carbons (Fsp3) is 0.143. The zero-order chi connectivity index (χ0) is 18.8. The quantitative estimate of drug-likeness (QED) is 0.681. The van der Waals surface area contributed by atoms with Crippen LogP contribution in [0.2, 0.25) is 5.02 Å². The van der Waals surface area contributed by atoms with Crippen LogP contribution in [0, 0.1) is 0 Å². The number of aromatic nitrogens is 1. The van der Waals surface area contributed by atoms with Gasteiger partial charge in [0.1, 0.15) is 5.75 Å². The summed E-state index contributed by atoms with van der Waals surface area (Å²) >= 11 is 6.10. The zero-order valence-corrected chi connectivity index (χ0v) is 15.5. The number of pyridine rings is 1. The van der Waals surface area contributed by atoms with Crippen LogP contribution in [0.1, 0.15) is 21.5 Å². The molecule has 1 aromatic heterocycles. The summed E-state index contributed by atoms with van der Waals surface area (Å²) in [5, 5.41) is 6.84. The van der Waals surface area contributed by atoms with Crippen molar-refractivity contribution in [2.24, 2.45) is 0 Å². The Morgan fingerprint density at radius 1 is 0.963 bits per heavy atom. The van der Waals surface area contributed by atoms with E-state index in [1.807, 2.05) is 24.3 Å². The van der Waals surface area contributed by atoms with Crippen LogP contribution in [0.5, 0.6) is 5.75 Å². The van der Waals surface area contributed by atoms with E-state index in [1.54, 1.807) is 37.7 Å². The summed E-state index contributed by atoms with van der Waals surface area (Å²) in [5.41, 5.74) is 4.99. The summed E-state index contributed by atoms with van der Waals surface area (Å²) in [6, 6.07) is 13.1. The number of nitrogens with zero attached hydrogens (tertiary/aromatic N) is 1. The third kappa shape index (κ3) is 3.59. The number of halogens is 1. The van der Waals surface area contributed by atoms with Crippen LogP contribution in [0.15, 0.2) is 54.9 Å². The van der Waals surface area contributed by atoms with Crippen molar-refractivity contribution in [3.05, 3.63) is 76.6 Å².